The average Bonchev–Trinajstić information content (AvgIpc) is 3.35. The Kier molecular flexibility index (Phi) is 5.36. The minimum atomic E-state index is -1.08. The molecular weight excluding hydrogens is 360 g/mol. The number of rotatable bonds is 6. The van der Waals surface area contributed by atoms with Gasteiger partial charge in [-0.25, -0.2) is 0 Å². The average molecular weight is 383 g/mol. The van der Waals surface area contributed by atoms with Gasteiger partial charge in [0.2, 0.25) is 5.78 Å². The summed E-state index contributed by atoms with van der Waals surface area (Å²) in [5.74, 6) is -2.23. The van der Waals surface area contributed by atoms with Crippen LogP contribution in [0.4, 0.5) is 0 Å². The number of carbonyl (C=O) groups is 3. The molecule has 0 radical (unpaired) electrons. The van der Waals surface area contributed by atoms with Crippen molar-refractivity contribution in [3.8, 4) is 0 Å². The molecule has 0 bridgehead atoms. The van der Waals surface area contributed by atoms with E-state index >= 15 is 0 Å². The predicted molar refractivity (Wildman–Crippen MR) is 98.8 cm³/mol. The van der Waals surface area contributed by atoms with Crippen molar-refractivity contribution in [2.24, 2.45) is 5.92 Å². The number of hydrogen-bond donors (Lipinski definition) is 1. The first-order valence-electron chi connectivity index (χ1n) is 9.55. The summed E-state index contributed by atoms with van der Waals surface area (Å²) in [6.45, 7) is 4.22. The highest BCUT2D eigenvalue weighted by molar-refractivity contribution is 6.44. The summed E-state index contributed by atoms with van der Waals surface area (Å²) in [7, 11) is 0. The summed E-state index contributed by atoms with van der Waals surface area (Å²) in [4.78, 5) is 41.5. The summed E-state index contributed by atoms with van der Waals surface area (Å²) in [6, 6.07) is 11.3. The van der Waals surface area contributed by atoms with E-state index in [-0.39, 0.29) is 5.78 Å². The first-order chi connectivity index (χ1) is 13.7. The summed E-state index contributed by atoms with van der Waals surface area (Å²) < 4.78 is 10.9. The Morgan fingerprint density at radius 2 is 1.82 bits per heavy atom. The number of Topliss-reactive ketones (excluding diaryl/α,β-unsaturated/α-hetero) is 2. The van der Waals surface area contributed by atoms with Crippen LogP contribution in [0.5, 0.6) is 0 Å². The second-order valence-corrected chi connectivity index (χ2v) is 7.14. The van der Waals surface area contributed by atoms with Crippen molar-refractivity contribution in [1.29, 1.82) is 0 Å². The van der Waals surface area contributed by atoms with Gasteiger partial charge in [-0.3, -0.25) is 14.4 Å². The molecule has 0 aliphatic carbocycles. The molecule has 2 aliphatic rings. The van der Waals surface area contributed by atoms with Crippen LogP contribution in [0.15, 0.2) is 53.1 Å². The lowest BCUT2D eigenvalue weighted by Crippen LogP contribution is -3.14. The Morgan fingerprint density at radius 3 is 2.50 bits per heavy atom. The first-order valence-corrected chi connectivity index (χ1v) is 9.55. The molecule has 28 heavy (non-hydrogen) atoms. The van der Waals surface area contributed by atoms with Crippen LogP contribution in [0, 0.1) is 5.92 Å². The summed E-state index contributed by atoms with van der Waals surface area (Å²) in [5, 5.41) is 0. The molecule has 1 N–H and O–H groups in total. The number of benzene rings is 1. The highest BCUT2D eigenvalue weighted by Gasteiger charge is 2.52. The molecular formula is C21H23N2O5+. The van der Waals surface area contributed by atoms with Gasteiger partial charge in [-0.05, 0) is 12.1 Å². The van der Waals surface area contributed by atoms with Crippen molar-refractivity contribution in [1.82, 2.24) is 4.90 Å². The largest absolute Gasteiger partial charge is 0.467 e. The Hall–Kier alpha value is -2.77. The number of nitrogens with zero attached hydrogens (tertiary/aromatic N) is 1. The van der Waals surface area contributed by atoms with Crippen LogP contribution in [-0.2, 0) is 14.3 Å². The number of nitrogens with one attached hydrogen (secondary N) is 1. The third kappa shape index (κ3) is 3.50. The Bertz CT molecular complexity index is 843. The van der Waals surface area contributed by atoms with Crippen LogP contribution in [0.25, 0.3) is 0 Å². The van der Waals surface area contributed by atoms with Crippen molar-refractivity contribution >= 4 is 17.5 Å². The fourth-order valence-electron chi connectivity index (χ4n) is 3.98. The number of morpholine rings is 1. The van der Waals surface area contributed by atoms with Crippen molar-refractivity contribution < 1.29 is 28.4 Å². The SMILES string of the molecule is O=C1C(=O)N(CC[NH+]2CCOCC2)C(c2ccco2)C1C(=O)c1ccccc1. The van der Waals surface area contributed by atoms with E-state index in [9.17, 15) is 14.4 Å². The van der Waals surface area contributed by atoms with E-state index in [2.05, 4.69) is 0 Å². The van der Waals surface area contributed by atoms with Crippen LogP contribution in [0.2, 0.25) is 0 Å². The number of carbonyl (C=O) groups excluding carboxylic acids is 3. The van der Waals surface area contributed by atoms with Gasteiger partial charge in [0.05, 0.1) is 32.6 Å². The fourth-order valence-corrected chi connectivity index (χ4v) is 3.98. The number of ether oxygens (including phenoxy) is 1. The number of ketones is 2. The van der Waals surface area contributed by atoms with E-state index in [1.54, 1.807) is 42.5 Å². The van der Waals surface area contributed by atoms with Crippen LogP contribution < -0.4 is 4.90 Å². The van der Waals surface area contributed by atoms with Gasteiger partial charge in [0.15, 0.2) is 5.78 Å². The predicted octanol–water partition coefficient (Wildman–Crippen LogP) is 0.146. The van der Waals surface area contributed by atoms with Crippen LogP contribution in [-0.4, -0.2) is 61.8 Å². The molecule has 7 heteroatoms. The van der Waals surface area contributed by atoms with Crippen molar-refractivity contribution in [2.45, 2.75) is 6.04 Å². The van der Waals surface area contributed by atoms with E-state index in [0.717, 1.165) is 13.1 Å². The van der Waals surface area contributed by atoms with Gasteiger partial charge in [-0.15, -0.1) is 0 Å². The quantitative estimate of drug-likeness (QED) is 0.436. The van der Waals surface area contributed by atoms with E-state index in [0.29, 0.717) is 37.6 Å². The Morgan fingerprint density at radius 1 is 1.07 bits per heavy atom. The maximum atomic E-state index is 13.1. The molecule has 2 aromatic rings. The molecule has 1 amide bonds. The van der Waals surface area contributed by atoms with Crippen molar-refractivity contribution in [3.63, 3.8) is 0 Å². The van der Waals surface area contributed by atoms with Crippen LogP contribution in [0.1, 0.15) is 22.2 Å². The number of amides is 1. The highest BCUT2D eigenvalue weighted by atomic mass is 16.5. The number of hydrogen-bond acceptors (Lipinski definition) is 5. The normalized spacial score (nSPS) is 23.4. The van der Waals surface area contributed by atoms with Crippen molar-refractivity contribution in [2.75, 3.05) is 39.4 Å². The van der Waals surface area contributed by atoms with Gasteiger partial charge in [-0.2, -0.15) is 0 Å². The van der Waals surface area contributed by atoms with Crippen LogP contribution in [0.3, 0.4) is 0 Å². The lowest BCUT2D eigenvalue weighted by atomic mass is 9.89. The minimum absolute atomic E-state index is 0.346. The molecule has 1 aromatic carbocycles. The Labute approximate surface area is 162 Å². The van der Waals surface area contributed by atoms with Gasteiger partial charge in [0.1, 0.15) is 30.8 Å². The molecule has 3 heterocycles. The highest BCUT2D eigenvalue weighted by Crippen LogP contribution is 2.38. The molecule has 146 valence electrons. The zero-order chi connectivity index (χ0) is 19.5. The second-order valence-electron chi connectivity index (χ2n) is 7.14. The zero-order valence-electron chi connectivity index (χ0n) is 15.5. The van der Waals surface area contributed by atoms with Crippen molar-refractivity contribution in [3.05, 3.63) is 60.1 Å². The molecule has 2 saturated heterocycles. The lowest BCUT2D eigenvalue weighted by Gasteiger charge is -2.28. The molecule has 4 rings (SSSR count). The molecule has 2 atom stereocenters. The second kappa shape index (κ2) is 8.08. The zero-order valence-corrected chi connectivity index (χ0v) is 15.5. The van der Waals surface area contributed by atoms with E-state index in [1.165, 1.54) is 16.1 Å². The molecule has 2 fully saturated rings. The number of quaternary nitrogens is 1. The van der Waals surface area contributed by atoms with Crippen LogP contribution >= 0.6 is 0 Å². The summed E-state index contributed by atoms with van der Waals surface area (Å²) in [5.41, 5.74) is 0.422. The monoisotopic (exact) mass is 383 g/mol. The van der Waals surface area contributed by atoms with Gasteiger partial charge in [0, 0.05) is 5.56 Å². The van der Waals surface area contributed by atoms with E-state index in [1.807, 2.05) is 0 Å². The van der Waals surface area contributed by atoms with Gasteiger partial charge >= 0.3 is 0 Å². The van der Waals surface area contributed by atoms with E-state index < -0.39 is 23.7 Å². The maximum absolute atomic E-state index is 13.1. The van der Waals surface area contributed by atoms with Gasteiger partial charge in [0.25, 0.3) is 5.91 Å². The third-order valence-electron chi connectivity index (χ3n) is 5.49. The molecule has 7 nitrogen and oxygen atoms in total. The topological polar surface area (TPSA) is 81.3 Å². The third-order valence-corrected chi connectivity index (χ3v) is 5.49. The molecule has 2 unspecified atom stereocenters. The molecule has 1 aromatic heterocycles. The van der Waals surface area contributed by atoms with Gasteiger partial charge < -0.3 is 19.0 Å². The fraction of sp³-hybridized carbons (Fsp3) is 0.381. The minimum Gasteiger partial charge on any atom is -0.467 e. The maximum Gasteiger partial charge on any atom is 0.291 e. The standard InChI is InChI=1S/C21H22N2O5/c24-19(15-5-2-1-3-6-15)17-18(16-7-4-12-28-16)23(21(26)20(17)25)9-8-22-10-13-27-14-11-22/h1-7,12,17-18H,8-11,13-14H2/p+1. The molecule has 0 saturated carbocycles. The van der Waals surface area contributed by atoms with Gasteiger partial charge in [-0.1, -0.05) is 30.3 Å². The summed E-state index contributed by atoms with van der Waals surface area (Å²) in [6.07, 6.45) is 1.50. The number of furan rings is 1. The smallest absolute Gasteiger partial charge is 0.291 e. The Balaban J connectivity index is 1.61. The lowest BCUT2D eigenvalue weighted by molar-refractivity contribution is -0.907. The number of likely N-dealkylation sites (tertiary alicyclic amines) is 1. The van der Waals surface area contributed by atoms with E-state index in [4.69, 9.17) is 9.15 Å². The summed E-state index contributed by atoms with van der Waals surface area (Å²) >= 11 is 0. The molecule has 0 spiro atoms. The first kappa shape index (κ1) is 18.6. The molecule has 2 aliphatic heterocycles.